The second-order valence-electron chi connectivity index (χ2n) is 3.30. The number of carbonyl (C=O) groups is 1. The van der Waals surface area contributed by atoms with Crippen LogP contribution in [0.15, 0.2) is 30.3 Å². The highest BCUT2D eigenvalue weighted by molar-refractivity contribution is 5.86. The summed E-state index contributed by atoms with van der Waals surface area (Å²) in [4.78, 5) is 12.7. The second-order valence-corrected chi connectivity index (χ2v) is 3.30. The molecular formula is C13H21NO2. The van der Waals surface area contributed by atoms with E-state index in [4.69, 9.17) is 4.74 Å². The molecule has 3 nitrogen and oxygen atoms in total. The molecule has 16 heavy (non-hydrogen) atoms. The van der Waals surface area contributed by atoms with Crippen molar-refractivity contribution in [3.63, 3.8) is 0 Å². The Hall–Kier alpha value is -1.51. The van der Waals surface area contributed by atoms with E-state index in [1.807, 2.05) is 30.3 Å². The highest BCUT2D eigenvalue weighted by atomic mass is 16.6. The number of hydrogen-bond donors (Lipinski definition) is 0. The van der Waals surface area contributed by atoms with Crippen LogP contribution in [0.3, 0.4) is 0 Å². The molecule has 0 N–H and O–H groups in total. The van der Waals surface area contributed by atoms with E-state index in [0.29, 0.717) is 6.61 Å². The topological polar surface area (TPSA) is 29.5 Å². The van der Waals surface area contributed by atoms with E-state index in [1.165, 1.54) is 11.3 Å². The largest absolute Gasteiger partial charge is 0.449 e. The third-order valence-corrected chi connectivity index (χ3v) is 1.69. The van der Waals surface area contributed by atoms with Crippen LogP contribution < -0.4 is 4.90 Å². The Morgan fingerprint density at radius 3 is 2.12 bits per heavy atom. The number of nitrogens with zero attached hydrogens (tertiary/aromatic N) is 1. The quantitative estimate of drug-likeness (QED) is 0.765. The molecule has 1 aromatic rings. The minimum atomic E-state index is -0.325. The molecule has 3 heteroatoms. The summed E-state index contributed by atoms with van der Waals surface area (Å²) >= 11 is 0. The summed E-state index contributed by atoms with van der Waals surface area (Å²) in [5.41, 5.74) is 0.834. The number of benzene rings is 1. The third-order valence-electron chi connectivity index (χ3n) is 1.69. The van der Waals surface area contributed by atoms with E-state index >= 15 is 0 Å². The van der Waals surface area contributed by atoms with Crippen molar-refractivity contribution in [1.82, 2.24) is 0 Å². The van der Waals surface area contributed by atoms with Gasteiger partial charge in [0.2, 0.25) is 0 Å². The normalized spacial score (nSPS) is 8.75. The van der Waals surface area contributed by atoms with Crippen molar-refractivity contribution in [3.8, 4) is 0 Å². The van der Waals surface area contributed by atoms with Gasteiger partial charge in [0.25, 0.3) is 0 Å². The van der Waals surface area contributed by atoms with Crippen molar-refractivity contribution in [2.75, 3.05) is 18.6 Å². The average Bonchev–Trinajstić information content (AvgIpc) is 2.30. The third kappa shape index (κ3) is 5.39. The van der Waals surface area contributed by atoms with Crippen LogP contribution in [0.25, 0.3) is 0 Å². The van der Waals surface area contributed by atoms with Gasteiger partial charge < -0.3 is 4.74 Å². The first-order valence-electron chi connectivity index (χ1n) is 5.62. The zero-order valence-corrected chi connectivity index (χ0v) is 10.6. The lowest BCUT2D eigenvalue weighted by atomic mass is 10.3. The van der Waals surface area contributed by atoms with E-state index < -0.39 is 0 Å². The molecule has 0 atom stereocenters. The van der Waals surface area contributed by atoms with Gasteiger partial charge in [0.15, 0.2) is 0 Å². The van der Waals surface area contributed by atoms with Crippen LogP contribution in [0, 0.1) is 0 Å². The first kappa shape index (κ1) is 14.5. The lowest BCUT2D eigenvalue weighted by Gasteiger charge is -2.15. The molecule has 0 aliphatic heterocycles. The smallest absolute Gasteiger partial charge is 0.413 e. The van der Waals surface area contributed by atoms with Crippen LogP contribution in [0.2, 0.25) is 0 Å². The lowest BCUT2D eigenvalue weighted by Crippen LogP contribution is -2.26. The van der Waals surface area contributed by atoms with Crippen LogP contribution in [0.5, 0.6) is 0 Å². The molecule has 0 aliphatic carbocycles. The van der Waals surface area contributed by atoms with Gasteiger partial charge in [0.05, 0.1) is 6.61 Å². The van der Waals surface area contributed by atoms with Gasteiger partial charge in [0.1, 0.15) is 0 Å². The Bertz CT molecular complexity index is 285. The highest BCUT2D eigenvalue weighted by Crippen LogP contribution is 2.11. The maximum absolute atomic E-state index is 11.2. The molecule has 0 heterocycles. The van der Waals surface area contributed by atoms with E-state index in [9.17, 15) is 4.79 Å². The predicted molar refractivity (Wildman–Crippen MR) is 67.8 cm³/mol. The maximum Gasteiger partial charge on any atom is 0.413 e. The Balaban J connectivity index is 0.000000673. The van der Waals surface area contributed by atoms with Crippen molar-refractivity contribution in [2.45, 2.75) is 27.2 Å². The van der Waals surface area contributed by atoms with Gasteiger partial charge in [-0.15, -0.1) is 0 Å². The Morgan fingerprint density at radius 2 is 1.69 bits per heavy atom. The van der Waals surface area contributed by atoms with Gasteiger partial charge in [-0.25, -0.2) is 4.79 Å². The summed E-state index contributed by atoms with van der Waals surface area (Å²) in [6.07, 6.45) is 0.925. The van der Waals surface area contributed by atoms with E-state index in [2.05, 4.69) is 13.8 Å². The Labute approximate surface area is 98.0 Å². The lowest BCUT2D eigenvalue weighted by molar-refractivity contribution is 0.161. The molecule has 1 aromatic carbocycles. The zero-order chi connectivity index (χ0) is 12.4. The molecule has 0 aromatic heterocycles. The summed E-state index contributed by atoms with van der Waals surface area (Å²) in [5.74, 6) is 0. The molecule has 0 saturated heterocycles. The van der Waals surface area contributed by atoms with E-state index in [-0.39, 0.29) is 6.09 Å². The number of anilines is 1. The predicted octanol–water partition coefficient (Wildman–Crippen LogP) is 3.70. The minimum Gasteiger partial charge on any atom is -0.449 e. The number of hydrogen-bond acceptors (Lipinski definition) is 2. The molecule has 1 amide bonds. The molecular weight excluding hydrogens is 202 g/mol. The molecule has 0 unspecified atom stereocenters. The van der Waals surface area contributed by atoms with Crippen molar-refractivity contribution >= 4 is 11.8 Å². The second kappa shape index (κ2) is 8.77. The Morgan fingerprint density at radius 1 is 1.19 bits per heavy atom. The fourth-order valence-corrected chi connectivity index (χ4v) is 0.977. The first-order chi connectivity index (χ1) is 7.67. The van der Waals surface area contributed by atoms with Crippen molar-refractivity contribution < 1.29 is 9.53 Å². The number of carbonyl (C=O) groups excluding carboxylic acids is 1. The zero-order valence-electron chi connectivity index (χ0n) is 10.6. The number of rotatable bonds is 2. The highest BCUT2D eigenvalue weighted by Gasteiger charge is 2.09. The van der Waals surface area contributed by atoms with Crippen LogP contribution in [-0.4, -0.2) is 19.7 Å². The molecule has 0 spiro atoms. The Kier molecular flexibility index (Phi) is 7.94. The van der Waals surface area contributed by atoms with Gasteiger partial charge in [-0.2, -0.15) is 0 Å². The number of amides is 1. The van der Waals surface area contributed by atoms with Crippen molar-refractivity contribution in [2.24, 2.45) is 0 Å². The summed E-state index contributed by atoms with van der Waals surface area (Å²) in [7, 11) is 1.69. The average molecular weight is 223 g/mol. The van der Waals surface area contributed by atoms with Crippen molar-refractivity contribution in [3.05, 3.63) is 30.3 Å². The molecule has 90 valence electrons. The molecule has 0 saturated carbocycles. The van der Waals surface area contributed by atoms with Crippen LogP contribution in [0.4, 0.5) is 10.5 Å². The summed E-state index contributed by atoms with van der Waals surface area (Å²) in [6.45, 7) is 6.44. The van der Waals surface area contributed by atoms with Crippen molar-refractivity contribution in [1.29, 1.82) is 0 Å². The molecule has 0 aliphatic rings. The number of ether oxygens (including phenoxy) is 1. The summed E-state index contributed by atoms with van der Waals surface area (Å²) in [5, 5.41) is 0. The molecule has 0 fully saturated rings. The van der Waals surface area contributed by atoms with Gasteiger partial charge in [-0.05, 0) is 19.1 Å². The minimum absolute atomic E-state index is 0.325. The fourth-order valence-electron chi connectivity index (χ4n) is 0.977. The van der Waals surface area contributed by atoms with Gasteiger partial charge >= 0.3 is 6.09 Å². The van der Waals surface area contributed by atoms with Gasteiger partial charge in [-0.3, -0.25) is 4.90 Å². The fraction of sp³-hybridized carbons (Fsp3) is 0.462. The van der Waals surface area contributed by atoms with Crippen LogP contribution in [0.1, 0.15) is 27.2 Å². The molecule has 0 radical (unpaired) electrons. The summed E-state index contributed by atoms with van der Waals surface area (Å²) < 4.78 is 4.85. The SMILES string of the molecule is CCC.CCOC(=O)N(C)c1ccccc1. The van der Waals surface area contributed by atoms with E-state index in [0.717, 1.165) is 5.69 Å². The van der Waals surface area contributed by atoms with E-state index in [1.54, 1.807) is 14.0 Å². The molecule has 1 rings (SSSR count). The van der Waals surface area contributed by atoms with Gasteiger partial charge in [0, 0.05) is 12.7 Å². The standard InChI is InChI=1S/C10H13NO2.C3H8/c1-3-13-10(12)11(2)9-7-5-4-6-8-9;1-3-2/h4-8H,3H2,1-2H3;3H2,1-2H3. The molecule has 0 bridgehead atoms. The maximum atomic E-state index is 11.2. The number of para-hydroxylation sites is 1. The van der Waals surface area contributed by atoms with Crippen LogP contribution in [-0.2, 0) is 4.74 Å². The monoisotopic (exact) mass is 223 g/mol. The summed E-state index contributed by atoms with van der Waals surface area (Å²) in [6, 6.07) is 9.38. The van der Waals surface area contributed by atoms with Gasteiger partial charge in [-0.1, -0.05) is 38.5 Å². The first-order valence-corrected chi connectivity index (χ1v) is 5.62. The van der Waals surface area contributed by atoms with Crippen LogP contribution >= 0.6 is 0 Å².